The lowest BCUT2D eigenvalue weighted by Crippen LogP contribution is -2.11. The van der Waals surface area contributed by atoms with E-state index >= 15 is 0 Å². The van der Waals surface area contributed by atoms with Crippen LogP contribution in [0.4, 0.5) is 11.4 Å². The van der Waals surface area contributed by atoms with Crippen molar-refractivity contribution in [2.24, 2.45) is 0 Å². The molecular formula is C9H7ClN4OS. The van der Waals surface area contributed by atoms with Gasteiger partial charge in [0.25, 0.3) is 5.91 Å². The van der Waals surface area contributed by atoms with Crippen LogP contribution in [0.3, 0.4) is 0 Å². The molecule has 2 rings (SSSR count). The van der Waals surface area contributed by atoms with Crippen LogP contribution in [0.15, 0.2) is 24.4 Å². The van der Waals surface area contributed by atoms with Crippen LogP contribution in [0.2, 0.25) is 5.02 Å². The molecule has 1 amide bonds. The summed E-state index contributed by atoms with van der Waals surface area (Å²) in [7, 11) is 0. The van der Waals surface area contributed by atoms with E-state index in [9.17, 15) is 4.79 Å². The van der Waals surface area contributed by atoms with Gasteiger partial charge in [-0.25, -0.2) is 0 Å². The minimum atomic E-state index is -0.288. The zero-order valence-corrected chi connectivity index (χ0v) is 9.55. The van der Waals surface area contributed by atoms with Crippen molar-refractivity contribution < 1.29 is 4.79 Å². The quantitative estimate of drug-likeness (QED) is 0.804. The number of rotatable bonds is 2. The van der Waals surface area contributed by atoms with Crippen LogP contribution < -0.4 is 11.1 Å². The van der Waals surface area contributed by atoms with E-state index in [1.54, 1.807) is 18.2 Å². The Hall–Kier alpha value is -1.66. The molecule has 1 aromatic heterocycles. The van der Waals surface area contributed by atoms with Crippen molar-refractivity contribution in [2.45, 2.75) is 0 Å². The molecule has 16 heavy (non-hydrogen) atoms. The van der Waals surface area contributed by atoms with E-state index in [0.29, 0.717) is 21.3 Å². The molecule has 0 saturated heterocycles. The van der Waals surface area contributed by atoms with E-state index in [0.717, 1.165) is 11.5 Å². The largest absolute Gasteiger partial charge is 0.397 e. The number of carbonyl (C=O) groups excluding carboxylic acids is 1. The highest BCUT2D eigenvalue weighted by molar-refractivity contribution is 7.07. The van der Waals surface area contributed by atoms with Gasteiger partial charge in [-0.3, -0.25) is 4.79 Å². The first-order chi connectivity index (χ1) is 7.66. The normalized spacial score (nSPS) is 10.1. The van der Waals surface area contributed by atoms with Crippen LogP contribution in [0, 0.1) is 0 Å². The zero-order chi connectivity index (χ0) is 11.5. The van der Waals surface area contributed by atoms with Crippen LogP contribution in [-0.2, 0) is 0 Å². The maximum atomic E-state index is 11.6. The molecule has 3 N–H and O–H groups in total. The van der Waals surface area contributed by atoms with Crippen molar-refractivity contribution in [3.05, 3.63) is 34.3 Å². The lowest BCUT2D eigenvalue weighted by atomic mass is 10.2. The number of carbonyl (C=O) groups is 1. The first-order valence-electron chi connectivity index (χ1n) is 4.30. The lowest BCUT2D eigenvalue weighted by molar-refractivity contribution is 0.103. The van der Waals surface area contributed by atoms with Gasteiger partial charge >= 0.3 is 0 Å². The van der Waals surface area contributed by atoms with Crippen molar-refractivity contribution in [3.8, 4) is 0 Å². The number of benzene rings is 1. The van der Waals surface area contributed by atoms with Gasteiger partial charge in [0.05, 0.1) is 17.6 Å². The van der Waals surface area contributed by atoms with E-state index < -0.39 is 0 Å². The zero-order valence-electron chi connectivity index (χ0n) is 7.98. The summed E-state index contributed by atoms with van der Waals surface area (Å²) in [5, 5.41) is 6.75. The number of nitrogen functional groups attached to an aromatic ring is 1. The average molecular weight is 255 g/mol. The fraction of sp³-hybridized carbons (Fsp3) is 0. The van der Waals surface area contributed by atoms with Gasteiger partial charge < -0.3 is 11.1 Å². The van der Waals surface area contributed by atoms with E-state index in [-0.39, 0.29) is 5.91 Å². The highest BCUT2D eigenvalue weighted by atomic mass is 35.5. The van der Waals surface area contributed by atoms with E-state index in [4.69, 9.17) is 17.3 Å². The van der Waals surface area contributed by atoms with Gasteiger partial charge in [-0.2, -0.15) is 0 Å². The molecule has 0 aliphatic heterocycles. The minimum absolute atomic E-state index is 0.288. The second kappa shape index (κ2) is 4.46. The molecule has 5 nitrogen and oxygen atoms in total. The van der Waals surface area contributed by atoms with Crippen molar-refractivity contribution in [2.75, 3.05) is 11.1 Å². The highest BCUT2D eigenvalue weighted by Gasteiger charge is 2.10. The highest BCUT2D eigenvalue weighted by Crippen LogP contribution is 2.23. The molecule has 0 fully saturated rings. The van der Waals surface area contributed by atoms with Gasteiger partial charge in [-0.05, 0) is 29.7 Å². The molecule has 0 aliphatic carbocycles. The molecule has 7 heteroatoms. The Labute approximate surface area is 100 Å². The van der Waals surface area contributed by atoms with Crippen LogP contribution in [0.5, 0.6) is 0 Å². The van der Waals surface area contributed by atoms with Crippen molar-refractivity contribution in [1.82, 2.24) is 9.59 Å². The molecule has 0 atom stereocenters. The number of amides is 1. The number of nitrogens with one attached hydrogen (secondary N) is 1. The third-order valence-electron chi connectivity index (χ3n) is 1.85. The minimum Gasteiger partial charge on any atom is -0.397 e. The average Bonchev–Trinajstić information content (AvgIpc) is 2.75. The van der Waals surface area contributed by atoms with Crippen LogP contribution in [0.25, 0.3) is 0 Å². The molecule has 0 saturated carbocycles. The van der Waals surface area contributed by atoms with E-state index in [1.165, 1.54) is 6.20 Å². The first kappa shape index (κ1) is 10.8. The monoisotopic (exact) mass is 254 g/mol. The van der Waals surface area contributed by atoms with Gasteiger partial charge in [0, 0.05) is 5.02 Å². The molecule has 0 spiro atoms. The Morgan fingerprint density at radius 1 is 1.50 bits per heavy atom. The summed E-state index contributed by atoms with van der Waals surface area (Å²) >= 11 is 6.76. The summed E-state index contributed by atoms with van der Waals surface area (Å²) in [5.41, 5.74) is 6.63. The number of nitrogens with two attached hydrogens (primary N) is 1. The lowest BCUT2D eigenvalue weighted by Gasteiger charge is -2.06. The standard InChI is InChI=1S/C9H7ClN4OS/c10-5-1-2-7(6(11)3-5)13-9(15)8-4-12-14-16-8/h1-4H,11H2,(H,13,15). The van der Waals surface area contributed by atoms with Gasteiger partial charge in [-0.15, -0.1) is 5.10 Å². The number of hydrogen-bond donors (Lipinski definition) is 2. The number of hydrogen-bond acceptors (Lipinski definition) is 5. The van der Waals surface area contributed by atoms with Gasteiger partial charge in [0.2, 0.25) is 0 Å². The number of anilines is 2. The molecule has 0 unspecified atom stereocenters. The third-order valence-corrected chi connectivity index (χ3v) is 2.75. The van der Waals surface area contributed by atoms with Gasteiger partial charge in [-0.1, -0.05) is 16.1 Å². The van der Waals surface area contributed by atoms with Gasteiger partial charge in [0.15, 0.2) is 0 Å². The van der Waals surface area contributed by atoms with Gasteiger partial charge in [0.1, 0.15) is 4.88 Å². The van der Waals surface area contributed by atoms with Crippen molar-refractivity contribution >= 4 is 40.4 Å². The smallest absolute Gasteiger partial charge is 0.269 e. The maximum absolute atomic E-state index is 11.6. The molecule has 0 bridgehead atoms. The number of nitrogens with zero attached hydrogens (tertiary/aromatic N) is 2. The predicted octanol–water partition coefficient (Wildman–Crippen LogP) is 2.03. The molecule has 1 heterocycles. The summed E-state index contributed by atoms with van der Waals surface area (Å²) in [5.74, 6) is -0.288. The molecule has 1 aromatic carbocycles. The van der Waals surface area contributed by atoms with E-state index in [2.05, 4.69) is 14.9 Å². The van der Waals surface area contributed by atoms with E-state index in [1.807, 2.05) is 0 Å². The van der Waals surface area contributed by atoms with Crippen molar-refractivity contribution in [1.29, 1.82) is 0 Å². The number of aromatic nitrogens is 2. The topological polar surface area (TPSA) is 80.9 Å². The first-order valence-corrected chi connectivity index (χ1v) is 5.45. The summed E-state index contributed by atoms with van der Waals surface area (Å²) in [6, 6.07) is 4.87. The molecule has 0 aliphatic rings. The predicted molar refractivity (Wildman–Crippen MR) is 63.7 cm³/mol. The second-order valence-corrected chi connectivity index (χ2v) is 4.19. The fourth-order valence-electron chi connectivity index (χ4n) is 1.10. The molecule has 0 radical (unpaired) electrons. The molecular weight excluding hydrogens is 248 g/mol. The van der Waals surface area contributed by atoms with Crippen LogP contribution in [0.1, 0.15) is 9.67 Å². The second-order valence-electron chi connectivity index (χ2n) is 2.97. The number of halogens is 1. The maximum Gasteiger partial charge on any atom is 0.269 e. The summed E-state index contributed by atoms with van der Waals surface area (Å²) in [6.45, 7) is 0. The fourth-order valence-corrected chi connectivity index (χ4v) is 1.69. The Bertz CT molecular complexity index is 514. The summed E-state index contributed by atoms with van der Waals surface area (Å²) in [6.07, 6.45) is 1.39. The van der Waals surface area contributed by atoms with Crippen LogP contribution >= 0.6 is 23.1 Å². The Kier molecular flexibility index (Phi) is 3.02. The third kappa shape index (κ3) is 2.29. The Morgan fingerprint density at radius 2 is 2.31 bits per heavy atom. The van der Waals surface area contributed by atoms with Crippen LogP contribution in [-0.4, -0.2) is 15.5 Å². The molecule has 82 valence electrons. The molecule has 2 aromatic rings. The Morgan fingerprint density at radius 3 is 2.94 bits per heavy atom. The summed E-state index contributed by atoms with van der Waals surface area (Å²) in [4.78, 5) is 12.1. The van der Waals surface area contributed by atoms with Crippen molar-refractivity contribution in [3.63, 3.8) is 0 Å². The Balaban J connectivity index is 2.18. The SMILES string of the molecule is Nc1cc(Cl)ccc1NC(=O)c1cnns1. The summed E-state index contributed by atoms with van der Waals surface area (Å²) < 4.78 is 3.60.